The highest BCUT2D eigenvalue weighted by Crippen LogP contribution is 2.30. The molecule has 0 amide bonds. The van der Waals surface area contributed by atoms with Crippen molar-refractivity contribution in [3.05, 3.63) is 121 Å². The molecule has 37 heavy (non-hydrogen) atoms. The molecule has 0 aliphatic carbocycles. The van der Waals surface area contributed by atoms with Crippen LogP contribution in [0.15, 0.2) is 121 Å². The van der Waals surface area contributed by atoms with Crippen LogP contribution in [0.1, 0.15) is 0 Å². The Hall–Kier alpha value is -4.65. The first-order chi connectivity index (χ1) is 18.2. The Morgan fingerprint density at radius 1 is 0.405 bits per heavy atom. The minimum atomic E-state index is -1.53. The lowest BCUT2D eigenvalue weighted by atomic mass is 9.76. The van der Waals surface area contributed by atoms with Crippen LogP contribution >= 0.6 is 0 Å². The smallest absolute Gasteiger partial charge is 0.423 e. The minimum absolute atomic E-state index is 0.489. The first-order valence-corrected chi connectivity index (χ1v) is 12.0. The zero-order valence-electron chi connectivity index (χ0n) is 19.9. The second-order valence-electron chi connectivity index (χ2n) is 8.74. The molecule has 0 saturated carbocycles. The fourth-order valence-electron chi connectivity index (χ4n) is 4.55. The van der Waals surface area contributed by atoms with Crippen LogP contribution in [-0.4, -0.2) is 32.1 Å². The molecule has 2 N–H and O–H groups in total. The molecule has 1 aromatic heterocycles. The summed E-state index contributed by atoms with van der Waals surface area (Å²) in [6.07, 6.45) is 0. The molecule has 1 heterocycles. The van der Waals surface area contributed by atoms with E-state index < -0.39 is 7.12 Å². The van der Waals surface area contributed by atoms with Crippen molar-refractivity contribution in [1.82, 2.24) is 15.0 Å². The molecule has 0 unspecified atom stereocenters. The van der Waals surface area contributed by atoms with Gasteiger partial charge in [0.15, 0.2) is 17.5 Å². The molecule has 6 heteroatoms. The average Bonchev–Trinajstić information content (AvgIpc) is 2.97. The third-order valence-corrected chi connectivity index (χ3v) is 6.39. The normalized spacial score (nSPS) is 11.0. The van der Waals surface area contributed by atoms with Gasteiger partial charge in [-0.3, -0.25) is 0 Å². The van der Waals surface area contributed by atoms with Crippen LogP contribution in [0.5, 0.6) is 0 Å². The predicted molar refractivity (Wildman–Crippen MR) is 149 cm³/mol. The van der Waals surface area contributed by atoms with Gasteiger partial charge in [0, 0.05) is 16.7 Å². The molecule has 0 fully saturated rings. The van der Waals surface area contributed by atoms with Gasteiger partial charge in [-0.2, -0.15) is 0 Å². The molecule has 0 atom stereocenters. The molecule has 6 aromatic rings. The molecule has 5 aromatic carbocycles. The van der Waals surface area contributed by atoms with Crippen LogP contribution in [0.25, 0.3) is 56.1 Å². The molecule has 6 rings (SSSR count). The van der Waals surface area contributed by atoms with Crippen LogP contribution in [0, 0.1) is 0 Å². The van der Waals surface area contributed by atoms with Crippen molar-refractivity contribution in [2.45, 2.75) is 0 Å². The first-order valence-electron chi connectivity index (χ1n) is 12.0. The molecular weight excluding hydrogens is 457 g/mol. The Bertz CT molecular complexity index is 1630. The number of fused-ring (bicyclic) bond motifs is 1. The second-order valence-corrected chi connectivity index (χ2v) is 8.74. The fourth-order valence-corrected chi connectivity index (χ4v) is 4.55. The summed E-state index contributed by atoms with van der Waals surface area (Å²) in [6, 6.07) is 39.4. The van der Waals surface area contributed by atoms with Crippen molar-refractivity contribution in [3.8, 4) is 45.3 Å². The van der Waals surface area contributed by atoms with Gasteiger partial charge in [-0.25, -0.2) is 15.0 Å². The van der Waals surface area contributed by atoms with E-state index in [0.29, 0.717) is 22.9 Å². The van der Waals surface area contributed by atoms with Crippen molar-refractivity contribution >= 4 is 23.4 Å². The summed E-state index contributed by atoms with van der Waals surface area (Å²) >= 11 is 0. The standard InChI is InChI=1S/C31H22BN3O2/c36-32(37)28-16-8-14-26-25(13-7-15-27(26)28)21-17-19-24(20-18-21)31-34-29(22-9-3-1-4-10-22)33-30(35-31)23-11-5-2-6-12-23/h1-20,36-37H. The molecule has 5 nitrogen and oxygen atoms in total. The molecule has 0 aliphatic rings. The lowest BCUT2D eigenvalue weighted by Gasteiger charge is -2.11. The van der Waals surface area contributed by atoms with Crippen molar-refractivity contribution in [3.63, 3.8) is 0 Å². The van der Waals surface area contributed by atoms with Crippen LogP contribution < -0.4 is 5.46 Å². The quantitative estimate of drug-likeness (QED) is 0.325. The van der Waals surface area contributed by atoms with Crippen molar-refractivity contribution in [2.24, 2.45) is 0 Å². The molecule has 0 radical (unpaired) electrons. The number of nitrogens with zero attached hydrogens (tertiary/aromatic N) is 3. The van der Waals surface area contributed by atoms with Gasteiger partial charge in [0.1, 0.15) is 0 Å². The minimum Gasteiger partial charge on any atom is -0.423 e. The van der Waals surface area contributed by atoms with Crippen LogP contribution in [-0.2, 0) is 0 Å². The maximum Gasteiger partial charge on any atom is 0.489 e. The fraction of sp³-hybridized carbons (Fsp3) is 0. The largest absolute Gasteiger partial charge is 0.489 e. The number of aromatic nitrogens is 3. The number of benzene rings is 5. The van der Waals surface area contributed by atoms with E-state index in [4.69, 9.17) is 15.0 Å². The molecule has 0 aliphatic heterocycles. The van der Waals surface area contributed by atoms with E-state index in [0.717, 1.165) is 38.6 Å². The van der Waals surface area contributed by atoms with Crippen molar-refractivity contribution < 1.29 is 10.0 Å². The van der Waals surface area contributed by atoms with Gasteiger partial charge in [-0.05, 0) is 27.4 Å². The maximum absolute atomic E-state index is 9.79. The lowest BCUT2D eigenvalue weighted by Crippen LogP contribution is -2.30. The number of rotatable bonds is 5. The van der Waals surface area contributed by atoms with Crippen LogP contribution in [0.4, 0.5) is 0 Å². The summed E-state index contributed by atoms with van der Waals surface area (Å²) in [5.74, 6) is 1.85. The van der Waals surface area contributed by atoms with Gasteiger partial charge in [0.25, 0.3) is 0 Å². The predicted octanol–water partition coefficient (Wildman–Crippen LogP) is 5.37. The molecule has 0 saturated heterocycles. The van der Waals surface area contributed by atoms with Gasteiger partial charge < -0.3 is 10.0 Å². The van der Waals surface area contributed by atoms with Crippen molar-refractivity contribution in [2.75, 3.05) is 0 Å². The van der Waals surface area contributed by atoms with E-state index in [-0.39, 0.29) is 0 Å². The summed E-state index contributed by atoms with van der Waals surface area (Å²) in [5, 5.41) is 21.4. The Labute approximate surface area is 214 Å². The van der Waals surface area contributed by atoms with Crippen LogP contribution in [0.3, 0.4) is 0 Å². The lowest BCUT2D eigenvalue weighted by molar-refractivity contribution is 0.426. The van der Waals surface area contributed by atoms with E-state index >= 15 is 0 Å². The summed E-state index contributed by atoms with van der Waals surface area (Å²) in [4.78, 5) is 14.4. The highest BCUT2D eigenvalue weighted by Gasteiger charge is 2.16. The highest BCUT2D eigenvalue weighted by molar-refractivity contribution is 6.62. The van der Waals surface area contributed by atoms with Gasteiger partial charge in [-0.15, -0.1) is 0 Å². The Balaban J connectivity index is 1.44. The Morgan fingerprint density at radius 3 is 1.41 bits per heavy atom. The van der Waals surface area contributed by atoms with E-state index in [1.165, 1.54) is 0 Å². The monoisotopic (exact) mass is 479 g/mol. The van der Waals surface area contributed by atoms with Crippen molar-refractivity contribution in [1.29, 1.82) is 0 Å². The van der Waals surface area contributed by atoms with Gasteiger partial charge in [0.2, 0.25) is 0 Å². The highest BCUT2D eigenvalue weighted by atomic mass is 16.4. The first kappa shape index (κ1) is 22.8. The summed E-state index contributed by atoms with van der Waals surface area (Å²) in [5.41, 5.74) is 5.25. The van der Waals surface area contributed by atoms with E-state index in [2.05, 4.69) is 0 Å². The summed E-state index contributed by atoms with van der Waals surface area (Å²) < 4.78 is 0. The molecular formula is C31H22BN3O2. The number of hydrogen-bond donors (Lipinski definition) is 2. The van der Waals surface area contributed by atoms with Gasteiger partial charge in [-0.1, -0.05) is 121 Å². The molecule has 0 bridgehead atoms. The Kier molecular flexibility index (Phi) is 6.02. The zero-order valence-corrected chi connectivity index (χ0v) is 19.9. The second kappa shape index (κ2) is 9.78. The van der Waals surface area contributed by atoms with E-state index in [1.54, 1.807) is 6.07 Å². The SMILES string of the molecule is OB(O)c1cccc2c(-c3ccc(-c4nc(-c5ccccc5)nc(-c5ccccc5)n4)cc3)cccc12. The van der Waals surface area contributed by atoms with Gasteiger partial charge in [0.05, 0.1) is 0 Å². The van der Waals surface area contributed by atoms with E-state index in [1.807, 2.05) is 115 Å². The molecule has 176 valence electrons. The van der Waals surface area contributed by atoms with Gasteiger partial charge >= 0.3 is 7.12 Å². The zero-order chi connectivity index (χ0) is 25.2. The summed E-state index contributed by atoms with van der Waals surface area (Å²) in [6.45, 7) is 0. The topological polar surface area (TPSA) is 79.1 Å². The number of hydrogen-bond acceptors (Lipinski definition) is 5. The Morgan fingerprint density at radius 2 is 0.865 bits per heavy atom. The maximum atomic E-state index is 9.79. The third-order valence-electron chi connectivity index (χ3n) is 6.39. The molecule has 0 spiro atoms. The average molecular weight is 479 g/mol. The van der Waals surface area contributed by atoms with Crippen LogP contribution in [0.2, 0.25) is 0 Å². The summed E-state index contributed by atoms with van der Waals surface area (Å²) in [7, 11) is -1.53. The third kappa shape index (κ3) is 4.52. The van der Waals surface area contributed by atoms with E-state index in [9.17, 15) is 10.0 Å².